The number of hydrogen-bond donors (Lipinski definition) is 1. The van der Waals surface area contributed by atoms with Gasteiger partial charge in [-0.15, -0.1) is 0 Å². The lowest BCUT2D eigenvalue weighted by atomic mass is 10.1. The first kappa shape index (κ1) is 15.4. The van der Waals surface area contributed by atoms with Gasteiger partial charge < -0.3 is 10.0 Å². The maximum Gasteiger partial charge on any atom is 0.222 e. The molecular weight excluding hydrogens is 202 g/mol. The third kappa shape index (κ3) is 9.97. The van der Waals surface area contributed by atoms with Gasteiger partial charge in [-0.1, -0.05) is 38.5 Å². The molecule has 96 valence electrons. The Kier molecular flexibility index (Phi) is 10.5. The van der Waals surface area contributed by atoms with E-state index in [1.165, 1.54) is 32.1 Å². The molecule has 0 bridgehead atoms. The van der Waals surface area contributed by atoms with Crippen LogP contribution in [0.5, 0.6) is 0 Å². The van der Waals surface area contributed by atoms with Crippen molar-refractivity contribution in [1.29, 1.82) is 0 Å². The van der Waals surface area contributed by atoms with Crippen molar-refractivity contribution in [1.82, 2.24) is 4.90 Å². The molecular formula is C13H27NO2. The van der Waals surface area contributed by atoms with Crippen molar-refractivity contribution in [3.05, 3.63) is 0 Å². The van der Waals surface area contributed by atoms with Crippen LogP contribution in [0.15, 0.2) is 0 Å². The van der Waals surface area contributed by atoms with Crippen LogP contribution in [0.3, 0.4) is 0 Å². The number of aliphatic hydroxyl groups is 1. The fourth-order valence-electron chi connectivity index (χ4n) is 1.67. The summed E-state index contributed by atoms with van der Waals surface area (Å²) in [5.41, 5.74) is 0. The highest BCUT2D eigenvalue weighted by molar-refractivity contribution is 5.75. The van der Waals surface area contributed by atoms with Gasteiger partial charge in [-0.3, -0.25) is 4.79 Å². The number of carbonyl (C=O) groups excluding carboxylic acids is 1. The molecule has 0 aromatic rings. The summed E-state index contributed by atoms with van der Waals surface area (Å²) in [4.78, 5) is 12.9. The summed E-state index contributed by atoms with van der Waals surface area (Å²) in [7, 11) is 3.62. The molecule has 0 spiro atoms. The maximum absolute atomic E-state index is 11.3. The smallest absolute Gasteiger partial charge is 0.222 e. The van der Waals surface area contributed by atoms with Gasteiger partial charge in [0.15, 0.2) is 0 Å². The Morgan fingerprint density at radius 1 is 0.875 bits per heavy atom. The summed E-state index contributed by atoms with van der Waals surface area (Å²) in [6.45, 7) is 0.326. The lowest BCUT2D eigenvalue weighted by Crippen LogP contribution is -2.20. The van der Waals surface area contributed by atoms with Crippen LogP contribution in [-0.2, 0) is 4.79 Å². The standard InChI is InChI=1S/C13H27NO2/c1-14(2)13(16)11-9-7-5-3-4-6-8-10-12-15/h15H,3-12H2,1-2H3. The summed E-state index contributed by atoms with van der Waals surface area (Å²) in [6.07, 6.45) is 9.97. The SMILES string of the molecule is CN(C)C(=O)CCCCCCCCCCO. The van der Waals surface area contributed by atoms with Crippen LogP contribution in [0.25, 0.3) is 0 Å². The Balaban J connectivity index is 3.07. The first-order valence-corrected chi connectivity index (χ1v) is 6.49. The molecule has 0 radical (unpaired) electrons. The molecule has 0 saturated carbocycles. The number of unbranched alkanes of at least 4 members (excludes halogenated alkanes) is 7. The zero-order chi connectivity index (χ0) is 12.2. The van der Waals surface area contributed by atoms with Crippen molar-refractivity contribution >= 4 is 5.91 Å². The minimum Gasteiger partial charge on any atom is -0.396 e. The molecule has 0 aromatic carbocycles. The summed E-state index contributed by atoms with van der Waals surface area (Å²) in [5, 5.41) is 8.60. The van der Waals surface area contributed by atoms with Gasteiger partial charge in [0.2, 0.25) is 5.91 Å². The number of hydrogen-bond acceptors (Lipinski definition) is 2. The number of nitrogens with zero attached hydrogens (tertiary/aromatic N) is 1. The topological polar surface area (TPSA) is 40.5 Å². The van der Waals surface area contributed by atoms with Gasteiger partial charge in [0, 0.05) is 27.1 Å². The highest BCUT2D eigenvalue weighted by atomic mass is 16.2. The lowest BCUT2D eigenvalue weighted by Gasteiger charge is -2.09. The fourth-order valence-corrected chi connectivity index (χ4v) is 1.67. The van der Waals surface area contributed by atoms with Gasteiger partial charge in [0.1, 0.15) is 0 Å². The van der Waals surface area contributed by atoms with E-state index in [0.29, 0.717) is 13.0 Å². The van der Waals surface area contributed by atoms with Gasteiger partial charge in [-0.25, -0.2) is 0 Å². The molecule has 0 aliphatic carbocycles. The molecule has 0 heterocycles. The van der Waals surface area contributed by atoms with Gasteiger partial charge >= 0.3 is 0 Å². The summed E-state index contributed by atoms with van der Waals surface area (Å²) in [6, 6.07) is 0. The Morgan fingerprint density at radius 2 is 1.31 bits per heavy atom. The number of carbonyl (C=O) groups is 1. The molecule has 0 aliphatic heterocycles. The van der Waals surface area contributed by atoms with Gasteiger partial charge in [0.05, 0.1) is 0 Å². The average Bonchev–Trinajstić information content (AvgIpc) is 2.26. The third-order valence-corrected chi connectivity index (χ3v) is 2.80. The van der Waals surface area contributed by atoms with E-state index in [0.717, 1.165) is 19.3 Å². The number of rotatable bonds is 10. The molecule has 0 fully saturated rings. The predicted octanol–water partition coefficient (Wildman–Crippen LogP) is 2.58. The zero-order valence-electron chi connectivity index (χ0n) is 10.9. The first-order valence-electron chi connectivity index (χ1n) is 6.49. The van der Waals surface area contributed by atoms with E-state index < -0.39 is 0 Å². The number of amides is 1. The highest BCUT2D eigenvalue weighted by Gasteiger charge is 2.02. The molecule has 16 heavy (non-hydrogen) atoms. The molecule has 0 atom stereocenters. The molecule has 1 amide bonds. The van der Waals surface area contributed by atoms with Crippen LogP contribution < -0.4 is 0 Å². The Hall–Kier alpha value is -0.570. The summed E-state index contributed by atoms with van der Waals surface area (Å²) < 4.78 is 0. The van der Waals surface area contributed by atoms with Crippen LogP contribution in [0, 0.1) is 0 Å². The van der Waals surface area contributed by atoms with Crippen molar-refractivity contribution in [2.45, 2.75) is 57.8 Å². The van der Waals surface area contributed by atoms with Crippen molar-refractivity contribution < 1.29 is 9.90 Å². The van der Waals surface area contributed by atoms with Crippen molar-refractivity contribution in [2.75, 3.05) is 20.7 Å². The van der Waals surface area contributed by atoms with Crippen LogP contribution in [-0.4, -0.2) is 36.6 Å². The zero-order valence-corrected chi connectivity index (χ0v) is 10.9. The van der Waals surface area contributed by atoms with E-state index in [1.54, 1.807) is 4.90 Å². The fraction of sp³-hybridized carbons (Fsp3) is 0.923. The van der Waals surface area contributed by atoms with Crippen LogP contribution >= 0.6 is 0 Å². The molecule has 0 aliphatic rings. The molecule has 1 N–H and O–H groups in total. The minimum atomic E-state index is 0.239. The van der Waals surface area contributed by atoms with Gasteiger partial charge in [0.25, 0.3) is 0 Å². The minimum absolute atomic E-state index is 0.239. The second-order valence-corrected chi connectivity index (χ2v) is 4.59. The molecule has 0 aromatic heterocycles. The van der Waals surface area contributed by atoms with E-state index in [4.69, 9.17) is 5.11 Å². The van der Waals surface area contributed by atoms with Crippen LogP contribution in [0.2, 0.25) is 0 Å². The van der Waals surface area contributed by atoms with Crippen molar-refractivity contribution in [3.63, 3.8) is 0 Å². The van der Waals surface area contributed by atoms with Crippen molar-refractivity contribution in [3.8, 4) is 0 Å². The predicted molar refractivity (Wildman–Crippen MR) is 67.3 cm³/mol. The van der Waals surface area contributed by atoms with E-state index in [9.17, 15) is 4.79 Å². The second kappa shape index (κ2) is 10.9. The molecule has 3 nitrogen and oxygen atoms in total. The molecule has 0 rings (SSSR count). The first-order chi connectivity index (χ1) is 7.68. The summed E-state index contributed by atoms with van der Waals surface area (Å²) in [5.74, 6) is 0.239. The monoisotopic (exact) mass is 229 g/mol. The lowest BCUT2D eigenvalue weighted by molar-refractivity contribution is -0.128. The van der Waals surface area contributed by atoms with E-state index in [2.05, 4.69) is 0 Å². The largest absolute Gasteiger partial charge is 0.396 e. The van der Waals surface area contributed by atoms with Crippen LogP contribution in [0.1, 0.15) is 57.8 Å². The Morgan fingerprint density at radius 3 is 1.75 bits per heavy atom. The maximum atomic E-state index is 11.3. The van der Waals surface area contributed by atoms with Gasteiger partial charge in [-0.2, -0.15) is 0 Å². The quantitative estimate of drug-likeness (QED) is 0.585. The molecule has 3 heteroatoms. The van der Waals surface area contributed by atoms with Gasteiger partial charge in [-0.05, 0) is 12.8 Å². The Bertz CT molecular complexity index is 169. The van der Waals surface area contributed by atoms with E-state index in [-0.39, 0.29) is 5.91 Å². The number of aliphatic hydroxyl groups excluding tert-OH is 1. The third-order valence-electron chi connectivity index (χ3n) is 2.80. The van der Waals surface area contributed by atoms with Crippen LogP contribution in [0.4, 0.5) is 0 Å². The molecule has 0 unspecified atom stereocenters. The normalized spacial score (nSPS) is 10.4. The van der Waals surface area contributed by atoms with E-state index >= 15 is 0 Å². The highest BCUT2D eigenvalue weighted by Crippen LogP contribution is 2.09. The van der Waals surface area contributed by atoms with E-state index in [1.807, 2.05) is 14.1 Å². The average molecular weight is 229 g/mol. The molecule has 0 saturated heterocycles. The summed E-state index contributed by atoms with van der Waals surface area (Å²) >= 11 is 0. The second-order valence-electron chi connectivity index (χ2n) is 4.59. The Labute approximate surface area is 99.8 Å². The van der Waals surface area contributed by atoms with Crippen molar-refractivity contribution in [2.24, 2.45) is 0 Å².